The summed E-state index contributed by atoms with van der Waals surface area (Å²) >= 11 is 0. The Kier molecular flexibility index (Phi) is 9.36. The van der Waals surface area contributed by atoms with Crippen molar-refractivity contribution in [1.82, 2.24) is 4.90 Å². The Morgan fingerprint density at radius 2 is 1.61 bits per heavy atom. The Labute approximate surface area is 213 Å². The molecule has 0 aliphatic carbocycles. The number of quaternary nitrogens is 1. The molecule has 0 bridgehead atoms. The molecule has 0 saturated carbocycles. The number of rotatable bonds is 12. The van der Waals surface area contributed by atoms with Gasteiger partial charge in [0, 0.05) is 5.57 Å². The Bertz CT molecular complexity index is 1090. The molecule has 3 rings (SSSR count). The number of hydrogen-bond acceptors (Lipinski definition) is 6. The molecule has 36 heavy (non-hydrogen) atoms. The average Bonchev–Trinajstić information content (AvgIpc) is 3.15. The van der Waals surface area contributed by atoms with Crippen LogP contribution in [0.2, 0.25) is 0 Å². The van der Waals surface area contributed by atoms with Gasteiger partial charge >= 0.3 is 0 Å². The molecule has 0 spiro atoms. The highest BCUT2D eigenvalue weighted by molar-refractivity contribution is 6.46. The van der Waals surface area contributed by atoms with Gasteiger partial charge in [-0.2, -0.15) is 0 Å². The topological polar surface area (TPSA) is 92.6 Å². The number of ketones is 1. The summed E-state index contributed by atoms with van der Waals surface area (Å²) in [5.74, 6) is -0.229. The number of benzene rings is 2. The van der Waals surface area contributed by atoms with Crippen LogP contribution in [0, 0.1) is 0 Å². The van der Waals surface area contributed by atoms with Gasteiger partial charge in [0.25, 0.3) is 5.91 Å². The number of likely N-dealkylation sites (N-methyl/N-ethyl adjacent to an activating group) is 1. The largest absolute Gasteiger partial charge is 0.872 e. The summed E-state index contributed by atoms with van der Waals surface area (Å²) < 4.78 is 16.6. The standard InChI is InChI=1S/C28H36N2O6/c1-6-29(7-2)16-17-30-25(20-12-15-22(36-9-4)23(18-20)34-5)24(27(32)28(30)33)26(31)19-10-13-21(14-11-19)35-8-3/h10-15,18,25,31H,6-9,16-17H2,1-5H3/b26-24+. The maximum Gasteiger partial charge on any atom is 0.295 e. The number of likely N-dealkylation sites (tertiary alicyclic amines) is 1. The first-order valence-corrected chi connectivity index (χ1v) is 12.5. The van der Waals surface area contributed by atoms with Gasteiger partial charge in [-0.1, -0.05) is 24.0 Å². The molecule has 1 aliphatic heterocycles. The van der Waals surface area contributed by atoms with Crippen LogP contribution < -0.4 is 24.2 Å². The minimum atomic E-state index is -0.816. The number of nitrogens with one attached hydrogen (secondary N) is 1. The Balaban J connectivity index is 2.12. The zero-order valence-corrected chi connectivity index (χ0v) is 21.8. The van der Waals surface area contributed by atoms with Crippen LogP contribution in [0.4, 0.5) is 0 Å². The molecule has 8 nitrogen and oxygen atoms in total. The fourth-order valence-corrected chi connectivity index (χ4v) is 4.48. The molecule has 1 atom stereocenters. The zero-order chi connectivity index (χ0) is 26.2. The molecule has 0 aromatic heterocycles. The number of carbonyl (C=O) groups excluding carboxylic acids is 2. The van der Waals surface area contributed by atoms with Crippen LogP contribution in [-0.4, -0.2) is 63.1 Å². The van der Waals surface area contributed by atoms with Gasteiger partial charge in [0.15, 0.2) is 11.5 Å². The maximum atomic E-state index is 13.6. The summed E-state index contributed by atoms with van der Waals surface area (Å²) in [6.45, 7) is 11.7. The molecular weight excluding hydrogens is 460 g/mol. The third kappa shape index (κ3) is 5.65. The third-order valence-electron chi connectivity index (χ3n) is 6.47. The molecule has 1 fully saturated rings. The van der Waals surface area contributed by atoms with Gasteiger partial charge in [-0.15, -0.1) is 0 Å². The Morgan fingerprint density at radius 1 is 0.944 bits per heavy atom. The van der Waals surface area contributed by atoms with E-state index in [0.717, 1.165) is 13.1 Å². The first-order valence-electron chi connectivity index (χ1n) is 12.5. The zero-order valence-electron chi connectivity index (χ0n) is 21.8. The first-order chi connectivity index (χ1) is 17.4. The van der Waals surface area contributed by atoms with Crippen molar-refractivity contribution >= 4 is 17.4 Å². The number of carbonyl (C=O) groups is 2. The summed E-state index contributed by atoms with van der Waals surface area (Å²) in [5, 5.41) is 13.6. The maximum absolute atomic E-state index is 13.6. The highest BCUT2D eigenvalue weighted by Gasteiger charge is 2.44. The lowest BCUT2D eigenvalue weighted by Crippen LogP contribution is -3.12. The summed E-state index contributed by atoms with van der Waals surface area (Å²) in [6, 6.07) is 11.1. The highest BCUT2D eigenvalue weighted by atomic mass is 16.5. The average molecular weight is 497 g/mol. The monoisotopic (exact) mass is 496 g/mol. The molecule has 1 unspecified atom stereocenters. The van der Waals surface area contributed by atoms with Gasteiger partial charge in [0.2, 0.25) is 5.78 Å². The van der Waals surface area contributed by atoms with Crippen molar-refractivity contribution in [3.63, 3.8) is 0 Å². The van der Waals surface area contributed by atoms with E-state index in [4.69, 9.17) is 14.2 Å². The van der Waals surface area contributed by atoms with Gasteiger partial charge in [0.05, 0.1) is 52.5 Å². The second-order valence-corrected chi connectivity index (χ2v) is 8.48. The normalized spacial score (nSPS) is 17.1. The van der Waals surface area contributed by atoms with E-state index in [-0.39, 0.29) is 5.57 Å². The van der Waals surface area contributed by atoms with Crippen molar-refractivity contribution in [2.75, 3.05) is 46.5 Å². The second kappa shape index (κ2) is 12.4. The number of ether oxygens (including phenoxy) is 3. The molecule has 1 saturated heterocycles. The van der Waals surface area contributed by atoms with Crippen LogP contribution in [0.15, 0.2) is 48.0 Å². The summed E-state index contributed by atoms with van der Waals surface area (Å²) in [6.07, 6.45) is 0. The van der Waals surface area contributed by atoms with Gasteiger partial charge in [-0.25, -0.2) is 0 Å². The van der Waals surface area contributed by atoms with Gasteiger partial charge in [-0.3, -0.25) is 9.59 Å². The number of nitrogens with zero attached hydrogens (tertiary/aromatic N) is 1. The van der Waals surface area contributed by atoms with E-state index in [1.54, 1.807) is 42.5 Å². The quantitative estimate of drug-likeness (QED) is 0.273. The molecular formula is C28H36N2O6. The molecule has 2 aromatic rings. The van der Waals surface area contributed by atoms with E-state index in [1.807, 2.05) is 13.8 Å². The van der Waals surface area contributed by atoms with Crippen molar-refractivity contribution in [2.24, 2.45) is 0 Å². The van der Waals surface area contributed by atoms with Crippen LogP contribution in [0.5, 0.6) is 17.2 Å². The molecule has 1 heterocycles. The molecule has 1 aliphatic rings. The van der Waals surface area contributed by atoms with Crippen molar-refractivity contribution in [1.29, 1.82) is 0 Å². The Hall–Kier alpha value is -3.52. The lowest BCUT2D eigenvalue weighted by molar-refractivity contribution is -0.895. The van der Waals surface area contributed by atoms with Crippen LogP contribution in [0.25, 0.3) is 5.76 Å². The van der Waals surface area contributed by atoms with Gasteiger partial charge in [-0.05, 0) is 63.1 Å². The fourth-order valence-electron chi connectivity index (χ4n) is 4.48. The SMILES string of the molecule is CCOc1ccc(/C([O-])=C2\C(=O)C(=O)N(CC[NH+](CC)CC)C2c2ccc(OCC)c(OC)c2)cc1. The molecule has 1 amide bonds. The van der Waals surface area contributed by atoms with Gasteiger partial charge in [0.1, 0.15) is 5.75 Å². The van der Waals surface area contributed by atoms with Crippen molar-refractivity contribution in [3.05, 3.63) is 59.2 Å². The molecule has 2 aromatic carbocycles. The molecule has 194 valence electrons. The molecule has 1 N–H and O–H groups in total. The predicted octanol–water partition coefficient (Wildman–Crippen LogP) is 1.64. The second-order valence-electron chi connectivity index (χ2n) is 8.48. The lowest BCUT2D eigenvalue weighted by Gasteiger charge is -2.29. The number of Topliss-reactive ketones (excluding diaryl/α,β-unsaturated/α-hetero) is 1. The van der Waals surface area contributed by atoms with Crippen LogP contribution in [0.1, 0.15) is 44.9 Å². The van der Waals surface area contributed by atoms with Crippen LogP contribution >= 0.6 is 0 Å². The minimum absolute atomic E-state index is 0.0510. The van der Waals surface area contributed by atoms with Gasteiger partial charge < -0.3 is 29.1 Å². The minimum Gasteiger partial charge on any atom is -0.872 e. The van der Waals surface area contributed by atoms with E-state index >= 15 is 0 Å². The molecule has 0 radical (unpaired) electrons. The number of amides is 1. The summed E-state index contributed by atoms with van der Waals surface area (Å²) in [7, 11) is 1.53. The van der Waals surface area contributed by atoms with E-state index in [1.165, 1.54) is 16.9 Å². The Morgan fingerprint density at radius 3 is 2.19 bits per heavy atom. The fraction of sp³-hybridized carbons (Fsp3) is 0.429. The van der Waals surface area contributed by atoms with E-state index in [0.29, 0.717) is 54.7 Å². The van der Waals surface area contributed by atoms with E-state index in [9.17, 15) is 14.7 Å². The summed E-state index contributed by atoms with van der Waals surface area (Å²) in [4.78, 5) is 29.3. The predicted molar refractivity (Wildman–Crippen MR) is 135 cm³/mol. The number of methoxy groups -OCH3 is 1. The summed E-state index contributed by atoms with van der Waals surface area (Å²) in [5.41, 5.74) is 0.900. The van der Waals surface area contributed by atoms with Crippen LogP contribution in [-0.2, 0) is 9.59 Å². The highest BCUT2D eigenvalue weighted by Crippen LogP contribution is 2.41. The van der Waals surface area contributed by atoms with E-state index < -0.39 is 23.5 Å². The first kappa shape index (κ1) is 27.1. The number of hydrogen-bond donors (Lipinski definition) is 1. The van der Waals surface area contributed by atoms with E-state index in [2.05, 4.69) is 13.8 Å². The van der Waals surface area contributed by atoms with Crippen molar-refractivity contribution in [2.45, 2.75) is 33.7 Å². The van der Waals surface area contributed by atoms with Crippen molar-refractivity contribution < 1.29 is 33.8 Å². The lowest BCUT2D eigenvalue weighted by atomic mass is 9.95. The molecule has 8 heteroatoms. The van der Waals surface area contributed by atoms with Crippen molar-refractivity contribution in [3.8, 4) is 17.2 Å². The van der Waals surface area contributed by atoms with Crippen LogP contribution in [0.3, 0.4) is 0 Å². The third-order valence-corrected chi connectivity index (χ3v) is 6.47. The smallest absolute Gasteiger partial charge is 0.295 e.